The van der Waals surface area contributed by atoms with Crippen LogP contribution in [0.15, 0.2) is 39.0 Å². The zero-order valence-electron chi connectivity index (χ0n) is 28.9. The molecule has 0 bridgehead atoms. The van der Waals surface area contributed by atoms with Crippen molar-refractivity contribution in [2.45, 2.75) is 134 Å². The lowest BCUT2D eigenvalue weighted by Gasteiger charge is -2.37. The number of fused-ring (bicyclic) bond motifs is 1. The van der Waals surface area contributed by atoms with Crippen LogP contribution >= 0.6 is 11.8 Å². The molecule has 7 rings (SSSR count). The third-order valence-corrected chi connectivity index (χ3v) is 13.9. The Morgan fingerprint density at radius 3 is 1.67 bits per heavy atom. The molecule has 48 heavy (non-hydrogen) atoms. The van der Waals surface area contributed by atoms with E-state index in [1.165, 1.54) is 81.5 Å². The molecule has 256 valence electrons. The summed E-state index contributed by atoms with van der Waals surface area (Å²) in [5.74, 6) is 7.65. The van der Waals surface area contributed by atoms with Gasteiger partial charge in [-0.25, -0.2) is 0 Å². The standard InChI is InChI=1S/C41H52N2O4S/c1-25-3-7-27(8-4-25)29-11-15-31(16-12-29)37(32-17-18-32)45-35-21-22-36(39-38(35)47-41(48-39)34(23-42)24-43)46-40(44)33-19-13-30(14-20-33)28-9-5-26(2)6-10-28/h21-22,25-31,33H,3-20H2,1-2H3. The van der Waals surface area contributed by atoms with Gasteiger partial charge >= 0.3 is 5.97 Å². The molecule has 1 aliphatic heterocycles. The van der Waals surface area contributed by atoms with Crippen molar-refractivity contribution in [3.63, 3.8) is 0 Å². The van der Waals surface area contributed by atoms with Gasteiger partial charge in [0, 0.05) is 5.92 Å². The number of nitriles is 2. The fourth-order valence-corrected chi connectivity index (χ4v) is 10.5. The lowest BCUT2D eigenvalue weighted by atomic mass is 9.69. The monoisotopic (exact) mass is 668 g/mol. The lowest BCUT2D eigenvalue weighted by molar-refractivity contribution is -0.140. The highest BCUT2D eigenvalue weighted by Crippen LogP contribution is 2.56. The zero-order valence-corrected chi connectivity index (χ0v) is 29.8. The molecule has 7 heteroatoms. The minimum absolute atomic E-state index is 0.0916. The first-order valence-corrected chi connectivity index (χ1v) is 19.9. The van der Waals surface area contributed by atoms with E-state index in [1.807, 2.05) is 24.3 Å². The van der Waals surface area contributed by atoms with E-state index < -0.39 is 0 Å². The molecule has 0 atom stereocenters. The first-order valence-electron chi connectivity index (χ1n) is 19.1. The van der Waals surface area contributed by atoms with Crippen molar-refractivity contribution < 1.29 is 19.0 Å². The highest BCUT2D eigenvalue weighted by atomic mass is 32.2. The van der Waals surface area contributed by atoms with Crippen LogP contribution in [-0.2, 0) is 4.79 Å². The number of carbonyl (C=O) groups excluding carboxylic acids is 1. The van der Waals surface area contributed by atoms with Crippen molar-refractivity contribution in [2.75, 3.05) is 0 Å². The molecule has 5 fully saturated rings. The average Bonchev–Trinajstić information content (AvgIpc) is 3.86. The second-order valence-corrected chi connectivity index (χ2v) is 17.0. The number of esters is 1. The van der Waals surface area contributed by atoms with Gasteiger partial charge in [0.05, 0.1) is 5.92 Å². The summed E-state index contributed by atoms with van der Waals surface area (Å²) in [6, 6.07) is 7.59. The van der Waals surface area contributed by atoms with E-state index in [9.17, 15) is 15.3 Å². The van der Waals surface area contributed by atoms with Gasteiger partial charge in [0.25, 0.3) is 0 Å². The quantitative estimate of drug-likeness (QED) is 0.123. The lowest BCUT2D eigenvalue weighted by Crippen LogP contribution is -2.30. The first kappa shape index (κ1) is 33.6. The fraction of sp³-hybridized carbons (Fsp3) is 0.683. The number of thioether (sulfide) groups is 1. The number of hydrogen-bond donors (Lipinski definition) is 0. The molecule has 1 heterocycles. The highest BCUT2D eigenvalue weighted by Gasteiger charge is 2.38. The second kappa shape index (κ2) is 14.9. The number of benzene rings is 1. The van der Waals surface area contributed by atoms with Crippen LogP contribution in [0, 0.1) is 70.0 Å². The fourth-order valence-electron chi connectivity index (χ4n) is 9.56. The van der Waals surface area contributed by atoms with Crippen LogP contribution < -0.4 is 14.2 Å². The molecule has 5 aliphatic carbocycles. The summed E-state index contributed by atoms with van der Waals surface area (Å²) in [5.41, 5.74) is 1.30. The molecular weight excluding hydrogens is 617 g/mol. The van der Waals surface area contributed by atoms with Gasteiger partial charge in [0.15, 0.2) is 22.2 Å². The second-order valence-electron chi connectivity index (χ2n) is 16.1. The van der Waals surface area contributed by atoms with Crippen molar-refractivity contribution in [2.24, 2.45) is 47.3 Å². The van der Waals surface area contributed by atoms with Gasteiger partial charge in [0.2, 0.25) is 0 Å². The molecule has 0 unspecified atom stereocenters. The van der Waals surface area contributed by atoms with E-state index in [0.717, 1.165) is 92.6 Å². The van der Waals surface area contributed by atoms with Gasteiger partial charge in [-0.1, -0.05) is 39.5 Å². The minimum atomic E-state index is -0.189. The normalized spacial score (nSPS) is 33.0. The highest BCUT2D eigenvalue weighted by molar-refractivity contribution is 8.03. The van der Waals surface area contributed by atoms with E-state index in [0.29, 0.717) is 28.1 Å². The predicted molar refractivity (Wildman–Crippen MR) is 187 cm³/mol. The van der Waals surface area contributed by atoms with Gasteiger partial charge < -0.3 is 14.2 Å². The number of hydrogen-bond acceptors (Lipinski definition) is 7. The summed E-state index contributed by atoms with van der Waals surface area (Å²) in [6.07, 6.45) is 21.8. The number of allylic oxidation sites excluding steroid dienone is 3. The van der Waals surface area contributed by atoms with Crippen LogP contribution in [0.5, 0.6) is 17.2 Å². The van der Waals surface area contributed by atoms with Crippen molar-refractivity contribution in [3.05, 3.63) is 34.1 Å². The summed E-state index contributed by atoms with van der Waals surface area (Å²) < 4.78 is 19.1. The van der Waals surface area contributed by atoms with E-state index in [2.05, 4.69) is 13.8 Å². The number of carbonyl (C=O) groups is 1. The summed E-state index contributed by atoms with van der Waals surface area (Å²) >= 11 is 1.18. The molecular formula is C41H52N2O4S. The van der Waals surface area contributed by atoms with Gasteiger partial charge in [-0.3, -0.25) is 4.79 Å². The van der Waals surface area contributed by atoms with Gasteiger partial charge in [-0.05, 0) is 155 Å². The Kier molecular flexibility index (Phi) is 10.4. The van der Waals surface area contributed by atoms with E-state index >= 15 is 0 Å². The Morgan fingerprint density at radius 1 is 0.688 bits per heavy atom. The maximum Gasteiger partial charge on any atom is 0.314 e. The van der Waals surface area contributed by atoms with Crippen molar-refractivity contribution in [1.29, 1.82) is 10.5 Å². The number of rotatable bonds is 7. The van der Waals surface area contributed by atoms with Crippen molar-refractivity contribution in [1.82, 2.24) is 0 Å². The van der Waals surface area contributed by atoms with E-state index in [4.69, 9.17) is 14.2 Å². The molecule has 0 amide bonds. The third-order valence-electron chi connectivity index (χ3n) is 12.8. The number of ether oxygens (including phenoxy) is 3. The van der Waals surface area contributed by atoms with Crippen molar-refractivity contribution >= 4 is 17.7 Å². The molecule has 6 aliphatic rings. The van der Waals surface area contributed by atoms with Gasteiger partial charge in [-0.2, -0.15) is 10.5 Å². The van der Waals surface area contributed by atoms with Crippen LogP contribution in [0.1, 0.15) is 129 Å². The average molecular weight is 669 g/mol. The zero-order chi connectivity index (χ0) is 33.2. The maximum atomic E-state index is 13.5. The molecule has 1 aromatic carbocycles. The summed E-state index contributed by atoms with van der Waals surface area (Å²) in [7, 11) is 0. The summed E-state index contributed by atoms with van der Waals surface area (Å²) in [6.45, 7) is 4.77. The Morgan fingerprint density at radius 2 is 1.17 bits per heavy atom. The topological polar surface area (TPSA) is 92.3 Å². The van der Waals surface area contributed by atoms with Gasteiger partial charge in [-0.15, -0.1) is 0 Å². The van der Waals surface area contributed by atoms with Crippen LogP contribution in [0.2, 0.25) is 0 Å². The van der Waals surface area contributed by atoms with Gasteiger partial charge in [0.1, 0.15) is 28.5 Å². The van der Waals surface area contributed by atoms with Crippen LogP contribution in [0.25, 0.3) is 0 Å². The Hall–Kier alpha value is -2.90. The molecule has 0 N–H and O–H groups in total. The maximum absolute atomic E-state index is 13.5. The minimum Gasteiger partial charge on any atom is -0.458 e. The number of nitrogens with zero attached hydrogens (tertiary/aromatic N) is 2. The summed E-state index contributed by atoms with van der Waals surface area (Å²) in [4.78, 5) is 14.1. The third kappa shape index (κ3) is 7.47. The largest absolute Gasteiger partial charge is 0.458 e. The Bertz CT molecular complexity index is 1480. The van der Waals surface area contributed by atoms with Crippen LogP contribution in [-0.4, -0.2) is 5.97 Å². The van der Waals surface area contributed by atoms with E-state index in [-0.39, 0.29) is 22.6 Å². The molecule has 0 radical (unpaired) electrons. The molecule has 1 aromatic rings. The van der Waals surface area contributed by atoms with E-state index in [1.54, 1.807) is 0 Å². The van der Waals surface area contributed by atoms with Crippen molar-refractivity contribution in [3.8, 4) is 29.4 Å². The smallest absolute Gasteiger partial charge is 0.314 e. The molecule has 5 saturated carbocycles. The molecule has 0 saturated heterocycles. The molecule has 6 nitrogen and oxygen atoms in total. The SMILES string of the molecule is CC1CCC(C2CCC(C(=O)Oc3ccc(OC(=C4CC4)C4CCC(C5CCC(C)CC5)CC4)c4c3SC(=C(C#N)C#N)O4)CC2)CC1. The predicted octanol–water partition coefficient (Wildman–Crippen LogP) is 11.0. The van der Waals surface area contributed by atoms with Crippen LogP contribution in [0.4, 0.5) is 0 Å². The Balaban J connectivity index is 1.04. The molecule has 0 aromatic heterocycles. The molecule has 0 spiro atoms. The summed E-state index contributed by atoms with van der Waals surface area (Å²) in [5, 5.41) is 19.5. The van der Waals surface area contributed by atoms with Crippen LogP contribution in [0.3, 0.4) is 0 Å². The Labute approximate surface area is 291 Å². The first-order chi connectivity index (χ1) is 23.4.